The molecule has 0 aliphatic carbocycles. The van der Waals surface area contributed by atoms with Gasteiger partial charge >= 0.3 is 12.1 Å². The third kappa shape index (κ3) is 5.23. The second-order valence-corrected chi connectivity index (χ2v) is 9.82. The average molecular weight is 526 g/mol. The summed E-state index contributed by atoms with van der Waals surface area (Å²) in [5.74, 6) is -0.398. The third-order valence-electron chi connectivity index (χ3n) is 6.17. The van der Waals surface area contributed by atoms with E-state index in [1.54, 1.807) is 6.07 Å². The highest BCUT2D eigenvalue weighted by Crippen LogP contribution is 2.42. The molecule has 5 nitrogen and oxygen atoms in total. The topological polar surface area (TPSA) is 72.0 Å². The fourth-order valence-corrected chi connectivity index (χ4v) is 5.32. The highest BCUT2D eigenvalue weighted by Gasteiger charge is 2.47. The summed E-state index contributed by atoms with van der Waals surface area (Å²) in [6, 6.07) is 20.0. The Morgan fingerprint density at radius 1 is 1.05 bits per heavy atom. The van der Waals surface area contributed by atoms with Gasteiger partial charge in [0.25, 0.3) is 0 Å². The van der Waals surface area contributed by atoms with Gasteiger partial charge in [-0.1, -0.05) is 48.5 Å². The number of benzene rings is 3. The van der Waals surface area contributed by atoms with Gasteiger partial charge in [0.1, 0.15) is 16.9 Å². The fourth-order valence-electron chi connectivity index (χ4n) is 4.19. The van der Waals surface area contributed by atoms with Gasteiger partial charge in [0.15, 0.2) is 12.2 Å². The molecule has 1 aliphatic heterocycles. The molecule has 0 saturated carbocycles. The number of hydrogen-bond donors (Lipinski definition) is 1. The van der Waals surface area contributed by atoms with Crippen LogP contribution in [0.5, 0.6) is 5.75 Å². The number of halogens is 3. The van der Waals surface area contributed by atoms with Gasteiger partial charge in [0.2, 0.25) is 0 Å². The van der Waals surface area contributed by atoms with Gasteiger partial charge in [-0.2, -0.15) is 13.2 Å². The molecule has 0 spiro atoms. The number of aliphatic carboxylic acids is 1. The number of carboxylic acids is 1. The molecule has 3 atom stereocenters. The molecule has 190 valence electrons. The van der Waals surface area contributed by atoms with Gasteiger partial charge < -0.3 is 14.6 Å². The van der Waals surface area contributed by atoms with Crippen LogP contribution in [0.1, 0.15) is 45.0 Å². The molecule has 3 unspecified atom stereocenters. The molecule has 1 aliphatic rings. The number of alkyl halides is 3. The highest BCUT2D eigenvalue weighted by molar-refractivity contribution is 7.15. The second kappa shape index (κ2) is 9.64. The van der Waals surface area contributed by atoms with Gasteiger partial charge in [0, 0.05) is 5.56 Å². The van der Waals surface area contributed by atoms with Crippen molar-refractivity contribution in [3.05, 3.63) is 106 Å². The van der Waals surface area contributed by atoms with Crippen molar-refractivity contribution in [3.8, 4) is 16.3 Å². The Morgan fingerprint density at radius 2 is 1.76 bits per heavy atom. The van der Waals surface area contributed by atoms with Gasteiger partial charge in [0.05, 0.1) is 16.1 Å². The minimum atomic E-state index is -4.40. The van der Waals surface area contributed by atoms with E-state index in [1.807, 2.05) is 56.3 Å². The number of aryl methyl sites for hydroxylation is 2. The van der Waals surface area contributed by atoms with Crippen molar-refractivity contribution in [2.45, 2.75) is 38.3 Å². The maximum atomic E-state index is 13.0. The van der Waals surface area contributed by atoms with Crippen molar-refractivity contribution in [2.75, 3.05) is 0 Å². The zero-order chi connectivity index (χ0) is 26.3. The molecule has 1 N–H and O–H groups in total. The quantitative estimate of drug-likeness (QED) is 0.260. The summed E-state index contributed by atoms with van der Waals surface area (Å²) in [5, 5.41) is 9.76. The van der Waals surface area contributed by atoms with E-state index < -0.39 is 36.0 Å². The monoisotopic (exact) mass is 525 g/mol. The third-order valence-corrected chi connectivity index (χ3v) is 7.42. The fraction of sp³-hybridized carbons (Fsp3) is 0.214. The number of carbonyl (C=O) groups is 1. The minimum Gasteiger partial charge on any atom is -0.480 e. The summed E-state index contributed by atoms with van der Waals surface area (Å²) in [7, 11) is 0. The smallest absolute Gasteiger partial charge is 0.416 e. The van der Waals surface area contributed by atoms with E-state index in [9.17, 15) is 18.0 Å². The Kier molecular flexibility index (Phi) is 6.51. The van der Waals surface area contributed by atoms with Crippen LogP contribution in [0.3, 0.4) is 0 Å². The summed E-state index contributed by atoms with van der Waals surface area (Å²) in [5.41, 5.74) is 3.15. The maximum absolute atomic E-state index is 13.0. The van der Waals surface area contributed by atoms with Crippen LogP contribution in [-0.2, 0) is 15.7 Å². The number of nitrogens with zero attached hydrogens (tertiary/aromatic N) is 1. The van der Waals surface area contributed by atoms with Crippen LogP contribution in [0.2, 0.25) is 0 Å². The molecule has 3 aromatic carbocycles. The summed E-state index contributed by atoms with van der Waals surface area (Å²) >= 11 is 1.37. The lowest BCUT2D eigenvalue weighted by Gasteiger charge is -2.20. The molecule has 0 bridgehead atoms. The van der Waals surface area contributed by atoms with Crippen molar-refractivity contribution >= 4 is 17.3 Å². The molecule has 1 aromatic heterocycles. The van der Waals surface area contributed by atoms with Gasteiger partial charge in [-0.25, -0.2) is 9.78 Å². The lowest BCUT2D eigenvalue weighted by molar-refractivity contribution is -0.139. The van der Waals surface area contributed by atoms with E-state index in [0.717, 1.165) is 39.4 Å². The molecular weight excluding hydrogens is 503 g/mol. The van der Waals surface area contributed by atoms with E-state index >= 15 is 0 Å². The molecule has 37 heavy (non-hydrogen) atoms. The van der Waals surface area contributed by atoms with Crippen LogP contribution in [0.25, 0.3) is 10.6 Å². The van der Waals surface area contributed by atoms with Gasteiger partial charge in [-0.15, -0.1) is 11.3 Å². The van der Waals surface area contributed by atoms with Crippen LogP contribution in [0.4, 0.5) is 13.2 Å². The number of rotatable bonds is 7. The molecule has 1 fully saturated rings. The normalized spacial score (nSPS) is 17.9. The van der Waals surface area contributed by atoms with Crippen LogP contribution in [0, 0.1) is 13.8 Å². The number of thiazole rings is 1. The Balaban J connectivity index is 1.45. The predicted octanol–water partition coefficient (Wildman–Crippen LogP) is 7.14. The Bertz CT molecular complexity index is 1430. The summed E-state index contributed by atoms with van der Waals surface area (Å²) in [6.45, 7) is 3.73. The number of hydrogen-bond acceptors (Lipinski definition) is 5. The van der Waals surface area contributed by atoms with E-state index in [2.05, 4.69) is 4.98 Å². The van der Waals surface area contributed by atoms with Crippen LogP contribution < -0.4 is 4.74 Å². The summed E-state index contributed by atoms with van der Waals surface area (Å²) in [6.07, 6.45) is -6.20. The van der Waals surface area contributed by atoms with Crippen molar-refractivity contribution in [1.82, 2.24) is 4.98 Å². The lowest BCUT2D eigenvalue weighted by Crippen LogP contribution is -2.10. The van der Waals surface area contributed by atoms with Crippen LogP contribution in [0.15, 0.2) is 72.8 Å². The van der Waals surface area contributed by atoms with Crippen LogP contribution in [-0.4, -0.2) is 22.2 Å². The molecule has 5 rings (SSSR count). The Hall–Kier alpha value is -3.69. The standard InChI is InChI=1S/C28H22F3NO4S/c1-15-14-20(12-13-21(15)23-24(36-23)27(33)34)35-22(17-6-4-3-5-7-17)25-16(2)32-26(37-25)18-8-10-19(11-9-18)28(29,30)31/h3-14,22-24H,1-2H3,(H,33,34). The van der Waals surface area contributed by atoms with E-state index in [-0.39, 0.29) is 0 Å². The number of ether oxygens (including phenoxy) is 2. The zero-order valence-corrected chi connectivity index (χ0v) is 20.6. The molecule has 9 heteroatoms. The largest absolute Gasteiger partial charge is 0.480 e. The SMILES string of the molecule is Cc1cc(OC(c2ccccc2)c2sc(-c3ccc(C(F)(F)F)cc3)nc2C)ccc1C1OC1C(=O)O. The van der Waals surface area contributed by atoms with Gasteiger partial charge in [-0.05, 0) is 54.8 Å². The summed E-state index contributed by atoms with van der Waals surface area (Å²) < 4.78 is 50.7. The van der Waals surface area contributed by atoms with E-state index in [4.69, 9.17) is 14.6 Å². The molecule has 2 heterocycles. The average Bonchev–Trinajstić information content (AvgIpc) is 3.58. The van der Waals surface area contributed by atoms with E-state index in [1.165, 1.54) is 23.5 Å². The molecule has 1 saturated heterocycles. The van der Waals surface area contributed by atoms with Crippen LogP contribution >= 0.6 is 11.3 Å². The molecule has 0 amide bonds. The lowest BCUT2D eigenvalue weighted by atomic mass is 10.0. The number of epoxide rings is 1. The second-order valence-electron chi connectivity index (χ2n) is 8.79. The van der Waals surface area contributed by atoms with Crippen molar-refractivity contribution in [1.29, 1.82) is 0 Å². The molecular formula is C28H22F3NO4S. The van der Waals surface area contributed by atoms with E-state index in [0.29, 0.717) is 16.3 Å². The minimum absolute atomic E-state index is 0.466. The number of aromatic nitrogens is 1. The zero-order valence-electron chi connectivity index (χ0n) is 19.8. The van der Waals surface area contributed by atoms with Crippen molar-refractivity contribution in [2.24, 2.45) is 0 Å². The van der Waals surface area contributed by atoms with Crippen molar-refractivity contribution in [3.63, 3.8) is 0 Å². The summed E-state index contributed by atoms with van der Waals surface area (Å²) in [4.78, 5) is 16.6. The molecule has 4 aromatic rings. The highest BCUT2D eigenvalue weighted by atomic mass is 32.1. The molecule has 0 radical (unpaired) electrons. The van der Waals surface area contributed by atoms with Gasteiger partial charge in [-0.3, -0.25) is 0 Å². The first-order valence-electron chi connectivity index (χ1n) is 11.5. The first-order chi connectivity index (χ1) is 17.6. The Morgan fingerprint density at radius 3 is 2.35 bits per heavy atom. The first kappa shape index (κ1) is 25.0. The van der Waals surface area contributed by atoms with Crippen molar-refractivity contribution < 1.29 is 32.5 Å². The first-order valence-corrected chi connectivity index (χ1v) is 12.3. The predicted molar refractivity (Wildman–Crippen MR) is 133 cm³/mol. The Labute approximate surface area is 215 Å². The maximum Gasteiger partial charge on any atom is 0.416 e. The number of carboxylic acid groups (broad SMARTS) is 1.